The van der Waals surface area contributed by atoms with Gasteiger partial charge in [0.2, 0.25) is 0 Å². The van der Waals surface area contributed by atoms with Gasteiger partial charge >= 0.3 is 6.01 Å². The topological polar surface area (TPSA) is 57.0 Å². The van der Waals surface area contributed by atoms with Crippen molar-refractivity contribution in [3.8, 4) is 6.01 Å². The van der Waals surface area contributed by atoms with Gasteiger partial charge in [0, 0.05) is 7.05 Å². The monoisotopic (exact) mass is 155 g/mol. The Balaban J connectivity index is 2.90. The van der Waals surface area contributed by atoms with E-state index in [1.54, 1.807) is 7.05 Å². The molecule has 0 spiro atoms. The van der Waals surface area contributed by atoms with Crippen LogP contribution in [0.5, 0.6) is 6.01 Å². The molecule has 0 bridgehead atoms. The quantitative estimate of drug-likeness (QED) is 0.577. The predicted octanol–water partition coefficient (Wildman–Crippen LogP) is 0.0263. The van der Waals surface area contributed by atoms with E-state index >= 15 is 0 Å². The molecule has 0 atom stereocenters. The van der Waals surface area contributed by atoms with Gasteiger partial charge in [-0.3, -0.25) is 9.36 Å². The van der Waals surface area contributed by atoms with Crippen LogP contribution in [-0.4, -0.2) is 27.7 Å². The van der Waals surface area contributed by atoms with Gasteiger partial charge in [0.1, 0.15) is 0 Å². The third kappa shape index (κ3) is 1.36. The first kappa shape index (κ1) is 7.71. The largest absolute Gasteiger partial charge is 0.464 e. The van der Waals surface area contributed by atoms with Gasteiger partial charge in [0.25, 0.3) is 0 Å². The van der Waals surface area contributed by atoms with Gasteiger partial charge in [0.05, 0.1) is 6.61 Å². The zero-order valence-electron chi connectivity index (χ0n) is 6.44. The van der Waals surface area contributed by atoms with Gasteiger partial charge in [-0.15, -0.1) is 5.10 Å². The van der Waals surface area contributed by atoms with E-state index in [4.69, 9.17) is 4.74 Å². The number of carbonyl (C=O) groups is 1. The van der Waals surface area contributed by atoms with Crippen LogP contribution in [0.4, 0.5) is 0 Å². The maximum absolute atomic E-state index is 10.3. The maximum Gasteiger partial charge on any atom is 0.317 e. The molecule has 0 N–H and O–H groups in total. The molecular formula is C6H9N3O2. The molecule has 0 unspecified atom stereocenters. The van der Waals surface area contributed by atoms with Crippen LogP contribution < -0.4 is 4.74 Å². The Kier molecular flexibility index (Phi) is 2.20. The fourth-order valence-electron chi connectivity index (χ4n) is 0.684. The minimum Gasteiger partial charge on any atom is -0.464 e. The zero-order chi connectivity index (χ0) is 8.27. The fraction of sp³-hybridized carbons (Fsp3) is 0.500. The molecular weight excluding hydrogens is 146 g/mol. The number of aldehydes is 1. The minimum absolute atomic E-state index is 0.272. The summed E-state index contributed by atoms with van der Waals surface area (Å²) >= 11 is 0. The van der Waals surface area contributed by atoms with Crippen LogP contribution in [0, 0.1) is 0 Å². The lowest BCUT2D eigenvalue weighted by Gasteiger charge is -1.99. The van der Waals surface area contributed by atoms with Crippen LogP contribution in [0.2, 0.25) is 0 Å². The SMILES string of the molecule is CCOc1nnc(C=O)n1C. The second-order valence-electron chi connectivity index (χ2n) is 1.95. The molecule has 1 aromatic heterocycles. The van der Waals surface area contributed by atoms with Gasteiger partial charge in [-0.25, -0.2) is 0 Å². The molecule has 1 heterocycles. The van der Waals surface area contributed by atoms with Gasteiger partial charge in [-0.05, 0) is 6.92 Å². The minimum atomic E-state index is 0.272. The highest BCUT2D eigenvalue weighted by Gasteiger charge is 2.06. The van der Waals surface area contributed by atoms with E-state index in [2.05, 4.69) is 10.2 Å². The number of hydrogen-bond donors (Lipinski definition) is 0. The fourth-order valence-corrected chi connectivity index (χ4v) is 0.684. The Morgan fingerprint density at radius 3 is 2.82 bits per heavy atom. The molecule has 0 saturated carbocycles. The summed E-state index contributed by atoms with van der Waals surface area (Å²) < 4.78 is 6.55. The van der Waals surface area contributed by atoms with E-state index in [-0.39, 0.29) is 5.82 Å². The van der Waals surface area contributed by atoms with Crippen molar-refractivity contribution in [2.45, 2.75) is 6.92 Å². The lowest BCUT2D eigenvalue weighted by Crippen LogP contribution is -2.01. The molecule has 11 heavy (non-hydrogen) atoms. The highest BCUT2D eigenvalue weighted by atomic mass is 16.5. The number of ether oxygens (including phenoxy) is 1. The van der Waals surface area contributed by atoms with E-state index in [1.165, 1.54) is 4.57 Å². The van der Waals surface area contributed by atoms with Gasteiger partial charge < -0.3 is 4.74 Å². The summed E-state index contributed by atoms with van der Waals surface area (Å²) in [5.41, 5.74) is 0. The van der Waals surface area contributed by atoms with Crippen molar-refractivity contribution in [2.75, 3.05) is 6.61 Å². The van der Waals surface area contributed by atoms with Crippen LogP contribution in [0.3, 0.4) is 0 Å². The van der Waals surface area contributed by atoms with E-state index in [0.717, 1.165) is 0 Å². The lowest BCUT2D eigenvalue weighted by atomic mass is 10.7. The molecule has 0 aliphatic rings. The molecule has 0 aromatic carbocycles. The van der Waals surface area contributed by atoms with Crippen molar-refractivity contribution >= 4 is 6.29 Å². The molecule has 0 aliphatic heterocycles. The zero-order valence-corrected chi connectivity index (χ0v) is 6.44. The highest BCUT2D eigenvalue weighted by Crippen LogP contribution is 2.04. The summed E-state index contributed by atoms with van der Waals surface area (Å²) in [5, 5.41) is 7.21. The molecule has 1 rings (SSSR count). The Morgan fingerprint density at radius 1 is 1.64 bits per heavy atom. The van der Waals surface area contributed by atoms with Crippen molar-refractivity contribution in [2.24, 2.45) is 7.05 Å². The first-order valence-corrected chi connectivity index (χ1v) is 3.27. The third-order valence-corrected chi connectivity index (χ3v) is 1.25. The molecule has 0 amide bonds. The molecule has 5 nitrogen and oxygen atoms in total. The molecule has 60 valence electrons. The predicted molar refractivity (Wildman–Crippen MR) is 37.6 cm³/mol. The van der Waals surface area contributed by atoms with Crippen molar-refractivity contribution < 1.29 is 9.53 Å². The molecule has 0 radical (unpaired) electrons. The molecule has 5 heteroatoms. The second kappa shape index (κ2) is 3.14. The van der Waals surface area contributed by atoms with Crippen LogP contribution in [0.25, 0.3) is 0 Å². The Bertz CT molecular complexity index is 256. The van der Waals surface area contributed by atoms with E-state index in [1.807, 2.05) is 6.92 Å². The summed E-state index contributed by atoms with van der Waals surface area (Å²) in [6.45, 7) is 2.36. The number of aromatic nitrogens is 3. The molecule has 1 aromatic rings. The second-order valence-corrected chi connectivity index (χ2v) is 1.95. The summed E-state index contributed by atoms with van der Waals surface area (Å²) in [6, 6.07) is 0.370. The Morgan fingerprint density at radius 2 is 2.36 bits per heavy atom. The van der Waals surface area contributed by atoms with Crippen molar-refractivity contribution in [3.63, 3.8) is 0 Å². The number of rotatable bonds is 3. The van der Waals surface area contributed by atoms with Crippen molar-refractivity contribution in [1.82, 2.24) is 14.8 Å². The summed E-state index contributed by atoms with van der Waals surface area (Å²) in [7, 11) is 1.68. The highest BCUT2D eigenvalue weighted by molar-refractivity contribution is 5.69. The van der Waals surface area contributed by atoms with Gasteiger partial charge in [-0.2, -0.15) is 0 Å². The maximum atomic E-state index is 10.3. The van der Waals surface area contributed by atoms with E-state index < -0.39 is 0 Å². The van der Waals surface area contributed by atoms with Gasteiger partial charge in [-0.1, -0.05) is 5.10 Å². The Hall–Kier alpha value is -1.39. The van der Waals surface area contributed by atoms with Crippen molar-refractivity contribution in [1.29, 1.82) is 0 Å². The van der Waals surface area contributed by atoms with Crippen LogP contribution in [0.1, 0.15) is 17.5 Å². The van der Waals surface area contributed by atoms with Gasteiger partial charge in [0.15, 0.2) is 12.1 Å². The average molecular weight is 155 g/mol. The van der Waals surface area contributed by atoms with E-state index in [9.17, 15) is 4.79 Å². The lowest BCUT2D eigenvalue weighted by molar-refractivity contribution is 0.111. The average Bonchev–Trinajstić information content (AvgIpc) is 2.34. The molecule has 0 saturated heterocycles. The summed E-state index contributed by atoms with van der Waals surface area (Å²) in [5.74, 6) is 0.272. The number of nitrogens with zero attached hydrogens (tertiary/aromatic N) is 3. The number of hydrogen-bond acceptors (Lipinski definition) is 4. The smallest absolute Gasteiger partial charge is 0.317 e. The van der Waals surface area contributed by atoms with E-state index in [0.29, 0.717) is 18.9 Å². The number of carbonyl (C=O) groups excluding carboxylic acids is 1. The third-order valence-electron chi connectivity index (χ3n) is 1.25. The standard InChI is InChI=1S/C6H9N3O2/c1-3-11-6-8-7-5(4-10)9(6)2/h4H,3H2,1-2H3. The first-order valence-electron chi connectivity index (χ1n) is 3.27. The van der Waals surface area contributed by atoms with Crippen LogP contribution in [-0.2, 0) is 7.05 Å². The molecule has 0 aliphatic carbocycles. The molecule has 0 fully saturated rings. The summed E-state index contributed by atoms with van der Waals surface area (Å²) in [4.78, 5) is 10.3. The Labute approximate surface area is 64.0 Å². The van der Waals surface area contributed by atoms with Crippen molar-refractivity contribution in [3.05, 3.63) is 5.82 Å². The first-order chi connectivity index (χ1) is 5.29. The normalized spacial score (nSPS) is 9.64. The van der Waals surface area contributed by atoms with Crippen LogP contribution >= 0.6 is 0 Å². The van der Waals surface area contributed by atoms with Crippen LogP contribution in [0.15, 0.2) is 0 Å². The summed E-state index contributed by atoms with van der Waals surface area (Å²) in [6.07, 6.45) is 0.634.